The van der Waals surface area contributed by atoms with Crippen LogP contribution in [0.25, 0.3) is 0 Å². The molecule has 24 heavy (non-hydrogen) atoms. The molecule has 0 heterocycles. The molecule has 0 unspecified atom stereocenters. The lowest BCUT2D eigenvalue weighted by Gasteiger charge is -2.48. The molecule has 0 N–H and O–H groups in total. The van der Waals surface area contributed by atoms with E-state index in [4.69, 9.17) is 9.47 Å². The average molecular weight is 352 g/mol. The highest BCUT2D eigenvalue weighted by atomic mass is 32.2. The average Bonchev–Trinajstić information content (AvgIpc) is 2.67. The number of ether oxygens (including phenoxy) is 2. The molecule has 4 atom stereocenters. The molecule has 0 amide bonds. The molecule has 0 aliphatic heterocycles. The Bertz CT molecular complexity index is 576. The summed E-state index contributed by atoms with van der Waals surface area (Å²) < 4.78 is 10.7. The van der Waals surface area contributed by atoms with Crippen LogP contribution < -0.4 is 0 Å². The lowest BCUT2D eigenvalue weighted by molar-refractivity contribution is -0.144. The second-order valence-electron chi connectivity index (χ2n) is 7.95. The van der Waals surface area contributed by atoms with Gasteiger partial charge in [0, 0.05) is 23.7 Å². The Labute approximate surface area is 149 Å². The van der Waals surface area contributed by atoms with Crippen LogP contribution in [-0.4, -0.2) is 29.2 Å². The van der Waals surface area contributed by atoms with E-state index in [0.29, 0.717) is 6.61 Å². The van der Waals surface area contributed by atoms with Crippen molar-refractivity contribution in [2.75, 3.05) is 6.61 Å². The number of rotatable bonds is 3. The molecule has 0 bridgehead atoms. The lowest BCUT2D eigenvalue weighted by Crippen LogP contribution is -2.43. The fourth-order valence-corrected chi connectivity index (χ4v) is 6.39. The summed E-state index contributed by atoms with van der Waals surface area (Å²) in [6.45, 7) is 14.2. The third kappa shape index (κ3) is 3.89. The summed E-state index contributed by atoms with van der Waals surface area (Å²) in [4.78, 5) is 23.6. The highest BCUT2D eigenvalue weighted by molar-refractivity contribution is 8.13. The summed E-state index contributed by atoms with van der Waals surface area (Å²) >= 11 is 1.27. The highest BCUT2D eigenvalue weighted by Crippen LogP contribution is 2.62. The third-order valence-electron chi connectivity index (χ3n) is 5.11. The Morgan fingerprint density at radius 3 is 2.54 bits per heavy atom. The summed E-state index contributed by atoms with van der Waals surface area (Å²) in [7, 11) is 0. The molecule has 2 saturated carbocycles. The van der Waals surface area contributed by atoms with Gasteiger partial charge < -0.3 is 9.47 Å². The van der Waals surface area contributed by atoms with E-state index in [1.165, 1.54) is 18.7 Å². The first-order valence-electron chi connectivity index (χ1n) is 8.52. The summed E-state index contributed by atoms with van der Waals surface area (Å²) in [6.07, 6.45) is 2.41. The largest absolute Gasteiger partial charge is 0.458 e. The van der Waals surface area contributed by atoms with Gasteiger partial charge >= 0.3 is 11.3 Å². The maximum atomic E-state index is 12.1. The number of carbonyl (C=O) groups is 2. The Kier molecular flexibility index (Phi) is 5.56. The molecule has 2 aliphatic carbocycles. The zero-order valence-corrected chi connectivity index (χ0v) is 16.1. The van der Waals surface area contributed by atoms with Crippen LogP contribution >= 0.6 is 11.8 Å². The smallest absolute Gasteiger partial charge is 0.367 e. The van der Waals surface area contributed by atoms with Gasteiger partial charge in [0.25, 0.3) is 0 Å². The molecule has 0 aromatic heterocycles. The summed E-state index contributed by atoms with van der Waals surface area (Å²) in [6, 6.07) is 0. The van der Waals surface area contributed by atoms with Gasteiger partial charge in [-0.3, -0.25) is 4.79 Å². The monoisotopic (exact) mass is 352 g/mol. The zero-order valence-electron chi connectivity index (χ0n) is 15.3. The maximum absolute atomic E-state index is 12.1. The summed E-state index contributed by atoms with van der Waals surface area (Å²) in [5, 5.41) is -0.149. The van der Waals surface area contributed by atoms with Crippen LogP contribution in [0.15, 0.2) is 17.9 Å². The van der Waals surface area contributed by atoms with E-state index in [0.717, 1.165) is 24.8 Å². The molecule has 0 aromatic carbocycles. The van der Waals surface area contributed by atoms with Gasteiger partial charge in [-0.2, -0.15) is 0 Å². The molecule has 0 saturated heterocycles. The van der Waals surface area contributed by atoms with Crippen molar-refractivity contribution in [1.82, 2.24) is 0 Å². The lowest BCUT2D eigenvalue weighted by atomic mass is 9.60. The number of carbonyl (C=O) groups excluding carboxylic acids is 2. The highest BCUT2D eigenvalue weighted by Gasteiger charge is 2.57. The van der Waals surface area contributed by atoms with Crippen molar-refractivity contribution in [1.29, 1.82) is 0 Å². The molecule has 0 spiro atoms. The van der Waals surface area contributed by atoms with E-state index in [-0.39, 0.29) is 39.4 Å². The first-order chi connectivity index (χ1) is 11.1. The Morgan fingerprint density at radius 2 is 2.00 bits per heavy atom. The quantitative estimate of drug-likeness (QED) is 0.543. The zero-order chi connectivity index (χ0) is 18.1. The molecule has 2 rings (SSSR count). The van der Waals surface area contributed by atoms with Gasteiger partial charge in [0.05, 0.1) is 6.61 Å². The minimum atomic E-state index is -0.288. The minimum Gasteiger partial charge on any atom is -0.458 e. The summed E-state index contributed by atoms with van der Waals surface area (Å²) in [5.74, 6) is -0.161. The Morgan fingerprint density at radius 1 is 1.33 bits per heavy atom. The normalized spacial score (nSPS) is 34.2. The molecule has 0 radical (unpaired) electrons. The molecule has 0 aromatic rings. The second kappa shape index (κ2) is 6.97. The van der Waals surface area contributed by atoms with Gasteiger partial charge in [-0.15, -0.1) is 5.73 Å². The predicted molar refractivity (Wildman–Crippen MR) is 95.8 cm³/mol. The molecule has 4 nitrogen and oxygen atoms in total. The topological polar surface area (TPSA) is 52.6 Å². The number of esters is 1. The number of hydrogen-bond donors (Lipinski definition) is 0. The molecule has 5 heteroatoms. The number of hydrogen-bond acceptors (Lipinski definition) is 5. The van der Waals surface area contributed by atoms with Gasteiger partial charge in [0.1, 0.15) is 6.10 Å². The van der Waals surface area contributed by atoms with Gasteiger partial charge in [0.15, 0.2) is 0 Å². The first kappa shape index (κ1) is 19.1. The van der Waals surface area contributed by atoms with Crippen LogP contribution in [0, 0.1) is 16.7 Å². The van der Waals surface area contributed by atoms with Crippen molar-refractivity contribution >= 4 is 23.0 Å². The van der Waals surface area contributed by atoms with E-state index in [2.05, 4.69) is 33.1 Å². The van der Waals surface area contributed by atoms with Crippen molar-refractivity contribution in [2.45, 2.75) is 65.2 Å². The summed E-state index contributed by atoms with van der Waals surface area (Å²) in [5.41, 5.74) is 4.05. The van der Waals surface area contributed by atoms with Crippen molar-refractivity contribution < 1.29 is 19.1 Å². The van der Waals surface area contributed by atoms with Crippen LogP contribution in [0.1, 0.15) is 53.9 Å². The van der Waals surface area contributed by atoms with Crippen LogP contribution in [0.5, 0.6) is 0 Å². The van der Waals surface area contributed by atoms with E-state index in [1.807, 2.05) is 6.92 Å². The van der Waals surface area contributed by atoms with Crippen molar-refractivity contribution in [3.05, 3.63) is 17.9 Å². The molecule has 2 aliphatic rings. The van der Waals surface area contributed by atoms with E-state index in [9.17, 15) is 9.59 Å². The van der Waals surface area contributed by atoms with Crippen molar-refractivity contribution in [3.63, 3.8) is 0 Å². The predicted octanol–water partition coefficient (Wildman–Crippen LogP) is 4.73. The molecule has 134 valence electrons. The van der Waals surface area contributed by atoms with Crippen LogP contribution in [-0.2, 0) is 14.3 Å². The fourth-order valence-electron chi connectivity index (χ4n) is 4.81. The van der Waals surface area contributed by atoms with E-state index < -0.39 is 0 Å². The fraction of sp³-hybridized carbons (Fsp3) is 0.737. The van der Waals surface area contributed by atoms with Gasteiger partial charge in [0.2, 0.25) is 0 Å². The molecular formula is C19H28O4S. The molecule has 2 fully saturated rings. The number of fused-ring (bicyclic) bond motifs is 1. The SMILES string of the molecule is C=C=C1[C@H](OC(C)=O)C[C@]2(C)CC(C)(C)C[C@@H](SC(=O)OCC)[C@H]12. The second-order valence-corrected chi connectivity index (χ2v) is 9.12. The van der Waals surface area contributed by atoms with E-state index in [1.54, 1.807) is 0 Å². The number of thioether (sulfide) groups is 1. The van der Waals surface area contributed by atoms with Gasteiger partial charge in [-0.05, 0) is 48.8 Å². The van der Waals surface area contributed by atoms with Crippen molar-refractivity contribution in [3.8, 4) is 0 Å². The molecular weight excluding hydrogens is 324 g/mol. The van der Waals surface area contributed by atoms with Crippen molar-refractivity contribution in [2.24, 2.45) is 16.7 Å². The van der Waals surface area contributed by atoms with Crippen LogP contribution in [0.4, 0.5) is 4.79 Å². The van der Waals surface area contributed by atoms with E-state index >= 15 is 0 Å². The standard InChI is InChI=1S/C19H28O4S/c1-7-13-14(23-12(3)20)9-19(6)11-18(4,5)10-15(16(13)19)24-17(21)22-8-2/h14-16H,1,8-11H2,2-6H3/t14-,15-,16+,19-/m1/s1. The van der Waals surface area contributed by atoms with Gasteiger partial charge in [-0.25, -0.2) is 4.79 Å². The third-order valence-corrected chi connectivity index (χ3v) is 6.17. The van der Waals surface area contributed by atoms with Gasteiger partial charge in [-0.1, -0.05) is 27.4 Å². The maximum Gasteiger partial charge on any atom is 0.367 e. The van der Waals surface area contributed by atoms with Crippen LogP contribution in [0.3, 0.4) is 0 Å². The first-order valence-corrected chi connectivity index (χ1v) is 9.40. The minimum absolute atomic E-state index is 0.0357. The Hall–Kier alpha value is -1.19. The van der Waals surface area contributed by atoms with Crippen LogP contribution in [0.2, 0.25) is 0 Å². The Balaban J connectivity index is 2.35.